The van der Waals surface area contributed by atoms with Gasteiger partial charge in [-0.25, -0.2) is 0 Å². The van der Waals surface area contributed by atoms with Crippen molar-refractivity contribution in [2.45, 2.75) is 20.8 Å². The second kappa shape index (κ2) is 4.77. The number of aryl methyl sites for hydroxylation is 1. The second-order valence-corrected chi connectivity index (χ2v) is 3.71. The van der Waals surface area contributed by atoms with E-state index in [9.17, 15) is 0 Å². The third kappa shape index (κ3) is 1.92. The lowest BCUT2D eigenvalue weighted by atomic mass is 10.1. The largest absolute Gasteiger partial charge is 0.278 e. The van der Waals surface area contributed by atoms with Crippen molar-refractivity contribution in [3.8, 4) is 0 Å². The van der Waals surface area contributed by atoms with E-state index in [1.165, 1.54) is 0 Å². The third-order valence-corrected chi connectivity index (χ3v) is 3.24. The van der Waals surface area contributed by atoms with Crippen LogP contribution in [-0.4, -0.2) is 10.2 Å². The summed E-state index contributed by atoms with van der Waals surface area (Å²) >= 11 is 5.98. The summed E-state index contributed by atoms with van der Waals surface area (Å²) < 4.78 is 0. The Morgan fingerprint density at radius 3 is 2.71 bits per heavy atom. The Morgan fingerprint density at radius 1 is 1.43 bits per heavy atom. The highest BCUT2D eigenvalue weighted by atomic mass is 35.5. The van der Waals surface area contributed by atoms with Crippen molar-refractivity contribution in [3.05, 3.63) is 22.8 Å². The number of nitrogens with zero attached hydrogens (tertiary/aromatic N) is 1. The number of aromatic nitrogens is 2. The molecule has 1 atom stereocenters. The van der Waals surface area contributed by atoms with Crippen molar-refractivity contribution in [3.63, 3.8) is 0 Å². The van der Waals surface area contributed by atoms with E-state index in [1.54, 1.807) is 0 Å². The van der Waals surface area contributed by atoms with Crippen LogP contribution in [0, 0.1) is 6.92 Å². The molecule has 0 bridgehead atoms. The first kappa shape index (κ1) is 11.5. The molecule has 1 aromatic heterocycles. The lowest BCUT2D eigenvalue weighted by molar-refractivity contribution is 1.12. The van der Waals surface area contributed by atoms with Gasteiger partial charge in [0, 0.05) is 5.39 Å². The van der Waals surface area contributed by atoms with E-state index in [-0.39, 0.29) is 0 Å². The number of nitrogens with one attached hydrogen (secondary N) is 1. The smallest absolute Gasteiger partial charge is 0.0668 e. The topological polar surface area (TPSA) is 28.7 Å². The van der Waals surface area contributed by atoms with Gasteiger partial charge in [-0.15, -0.1) is 9.24 Å². The van der Waals surface area contributed by atoms with E-state index >= 15 is 0 Å². The van der Waals surface area contributed by atoms with E-state index in [4.69, 9.17) is 11.6 Å². The van der Waals surface area contributed by atoms with Crippen LogP contribution in [0.3, 0.4) is 0 Å². The fourth-order valence-corrected chi connectivity index (χ4v) is 1.72. The van der Waals surface area contributed by atoms with Gasteiger partial charge in [0.05, 0.1) is 16.7 Å². The maximum atomic E-state index is 5.98. The molecule has 1 heterocycles. The second-order valence-electron chi connectivity index (χ2n) is 2.73. The van der Waals surface area contributed by atoms with Gasteiger partial charge < -0.3 is 0 Å². The standard InChI is InChI=1S/C8H8ClN2P.C2H6/c1-4-5-3-10-11-7(5)2-6(9)8(4)12;1-2/h2-3H,12H2,1H3,(H,10,11);1-2H3. The Bertz CT molecular complexity index is 437. The molecule has 2 aromatic rings. The van der Waals surface area contributed by atoms with Gasteiger partial charge in [0.25, 0.3) is 0 Å². The van der Waals surface area contributed by atoms with Crippen LogP contribution >= 0.6 is 20.8 Å². The molecule has 1 N–H and O–H groups in total. The van der Waals surface area contributed by atoms with Crippen LogP contribution in [0.25, 0.3) is 10.9 Å². The zero-order valence-corrected chi connectivity index (χ0v) is 10.5. The summed E-state index contributed by atoms with van der Waals surface area (Å²) in [5.41, 5.74) is 2.15. The summed E-state index contributed by atoms with van der Waals surface area (Å²) in [5.74, 6) is 0. The molecule has 0 saturated carbocycles. The Labute approximate surface area is 91.2 Å². The highest BCUT2D eigenvalue weighted by Crippen LogP contribution is 2.21. The summed E-state index contributed by atoms with van der Waals surface area (Å²) in [6.45, 7) is 6.03. The molecule has 14 heavy (non-hydrogen) atoms. The van der Waals surface area contributed by atoms with Gasteiger partial charge in [0.15, 0.2) is 0 Å². The zero-order valence-electron chi connectivity index (χ0n) is 8.56. The highest BCUT2D eigenvalue weighted by molar-refractivity contribution is 7.28. The monoisotopic (exact) mass is 228 g/mol. The molecule has 0 aliphatic carbocycles. The quantitative estimate of drug-likeness (QED) is 0.690. The summed E-state index contributed by atoms with van der Waals surface area (Å²) in [5, 5.41) is 9.77. The fourth-order valence-electron chi connectivity index (χ4n) is 1.23. The third-order valence-electron chi connectivity index (χ3n) is 2.01. The Balaban J connectivity index is 0.000000461. The van der Waals surface area contributed by atoms with Crippen molar-refractivity contribution in [2.24, 2.45) is 0 Å². The molecular weight excluding hydrogens is 215 g/mol. The predicted octanol–water partition coefficient (Wildman–Crippen LogP) is 3.05. The first-order valence-electron chi connectivity index (χ1n) is 4.58. The Morgan fingerprint density at radius 2 is 2.07 bits per heavy atom. The van der Waals surface area contributed by atoms with Crippen LogP contribution in [0.15, 0.2) is 12.3 Å². The highest BCUT2D eigenvalue weighted by Gasteiger charge is 2.05. The van der Waals surface area contributed by atoms with Gasteiger partial charge in [-0.1, -0.05) is 25.4 Å². The van der Waals surface area contributed by atoms with Crippen LogP contribution in [0.5, 0.6) is 0 Å². The molecule has 0 spiro atoms. The van der Waals surface area contributed by atoms with E-state index in [2.05, 4.69) is 19.4 Å². The van der Waals surface area contributed by atoms with Gasteiger partial charge in [0.1, 0.15) is 0 Å². The van der Waals surface area contributed by atoms with Crippen LogP contribution in [0.1, 0.15) is 19.4 Å². The molecule has 0 radical (unpaired) electrons. The van der Waals surface area contributed by atoms with Crippen molar-refractivity contribution >= 4 is 37.0 Å². The normalized spacial score (nSPS) is 9.79. The number of benzene rings is 1. The van der Waals surface area contributed by atoms with Crippen LogP contribution in [-0.2, 0) is 0 Å². The minimum Gasteiger partial charge on any atom is -0.278 e. The van der Waals surface area contributed by atoms with Gasteiger partial charge in [-0.2, -0.15) is 5.10 Å². The van der Waals surface area contributed by atoms with Crippen molar-refractivity contribution in [1.29, 1.82) is 0 Å². The molecule has 1 unspecified atom stereocenters. The Hall–Kier alpha value is -0.590. The first-order valence-corrected chi connectivity index (χ1v) is 5.53. The molecular formula is C10H14ClN2P. The molecule has 0 fully saturated rings. The van der Waals surface area contributed by atoms with Crippen molar-refractivity contribution in [2.75, 3.05) is 0 Å². The summed E-state index contributed by atoms with van der Waals surface area (Å²) in [4.78, 5) is 0. The molecule has 0 aliphatic heterocycles. The predicted molar refractivity (Wildman–Crippen MR) is 66.5 cm³/mol. The molecule has 76 valence electrons. The zero-order chi connectivity index (χ0) is 10.7. The summed E-state index contributed by atoms with van der Waals surface area (Å²) in [7, 11) is 2.64. The average Bonchev–Trinajstić information content (AvgIpc) is 2.65. The molecule has 0 aliphatic rings. The minimum atomic E-state index is 0.759. The van der Waals surface area contributed by atoms with Crippen LogP contribution in [0.4, 0.5) is 0 Å². The van der Waals surface area contributed by atoms with Crippen LogP contribution in [0.2, 0.25) is 5.02 Å². The fraction of sp³-hybridized carbons (Fsp3) is 0.300. The number of aromatic amines is 1. The molecule has 2 rings (SSSR count). The number of halogens is 1. The van der Waals surface area contributed by atoms with E-state index in [1.807, 2.05) is 33.0 Å². The minimum absolute atomic E-state index is 0.759. The van der Waals surface area contributed by atoms with Gasteiger partial charge >= 0.3 is 0 Å². The maximum absolute atomic E-state index is 5.98. The summed E-state index contributed by atoms with van der Waals surface area (Å²) in [6, 6.07) is 1.89. The van der Waals surface area contributed by atoms with Crippen molar-refractivity contribution in [1.82, 2.24) is 10.2 Å². The molecule has 0 amide bonds. The number of hydrogen-bond acceptors (Lipinski definition) is 1. The lowest BCUT2D eigenvalue weighted by Gasteiger charge is -2.02. The average molecular weight is 229 g/mol. The molecule has 2 nitrogen and oxygen atoms in total. The van der Waals surface area contributed by atoms with Crippen LogP contribution < -0.4 is 5.30 Å². The van der Waals surface area contributed by atoms with Crippen molar-refractivity contribution < 1.29 is 0 Å². The van der Waals surface area contributed by atoms with Gasteiger partial charge in [0.2, 0.25) is 0 Å². The van der Waals surface area contributed by atoms with E-state index in [0.717, 1.165) is 26.8 Å². The van der Waals surface area contributed by atoms with E-state index < -0.39 is 0 Å². The first-order chi connectivity index (χ1) is 6.70. The number of hydrogen-bond donors (Lipinski definition) is 1. The van der Waals surface area contributed by atoms with E-state index in [0.29, 0.717) is 0 Å². The number of H-pyrrole nitrogens is 1. The van der Waals surface area contributed by atoms with Gasteiger partial charge in [-0.3, -0.25) is 5.10 Å². The molecule has 1 aromatic carbocycles. The number of rotatable bonds is 0. The number of fused-ring (bicyclic) bond motifs is 1. The molecule has 0 saturated heterocycles. The lowest BCUT2D eigenvalue weighted by Crippen LogP contribution is -1.98. The SMILES string of the molecule is CC.Cc1c(P)c(Cl)cc2[nH]ncc12. The van der Waals surface area contributed by atoms with Gasteiger partial charge in [-0.05, 0) is 23.9 Å². The maximum Gasteiger partial charge on any atom is 0.0668 e. The molecule has 4 heteroatoms. The Kier molecular flexibility index (Phi) is 3.91. The summed E-state index contributed by atoms with van der Waals surface area (Å²) in [6.07, 6.45) is 1.81.